The molecule has 0 spiro atoms. The molecule has 0 bridgehead atoms. The monoisotopic (exact) mass is 499 g/mol. The van der Waals surface area contributed by atoms with Crippen molar-refractivity contribution in [3.8, 4) is 23.8 Å². The van der Waals surface area contributed by atoms with E-state index in [-0.39, 0.29) is 17.8 Å². The topological polar surface area (TPSA) is 55.8 Å². The quantitative estimate of drug-likeness (QED) is 0.335. The molecule has 1 heterocycles. The molecule has 1 aliphatic rings. The van der Waals surface area contributed by atoms with Crippen LogP contribution in [0, 0.1) is 12.3 Å². The van der Waals surface area contributed by atoms with Gasteiger partial charge in [-0.15, -0.1) is 6.42 Å². The van der Waals surface area contributed by atoms with Gasteiger partial charge in [0.1, 0.15) is 6.61 Å². The van der Waals surface area contributed by atoms with Crippen molar-refractivity contribution in [2.24, 2.45) is 0 Å². The molecule has 1 fully saturated rings. The first-order valence-electron chi connectivity index (χ1n) is 9.85. The summed E-state index contributed by atoms with van der Waals surface area (Å²) in [6.45, 7) is 2.83. The first kappa shape index (κ1) is 23.0. The lowest BCUT2D eigenvalue weighted by Gasteiger charge is -2.13. The fourth-order valence-corrected chi connectivity index (χ4v) is 4.37. The van der Waals surface area contributed by atoms with Gasteiger partial charge < -0.3 is 9.47 Å². The van der Waals surface area contributed by atoms with Crippen LogP contribution >= 0.6 is 27.7 Å². The zero-order valence-corrected chi connectivity index (χ0v) is 19.5. The van der Waals surface area contributed by atoms with Gasteiger partial charge in [-0.05, 0) is 60.9 Å². The van der Waals surface area contributed by atoms with E-state index in [2.05, 4.69) is 21.9 Å². The second-order valence-corrected chi connectivity index (χ2v) is 8.52. The first-order valence-corrected chi connectivity index (χ1v) is 11.5. The van der Waals surface area contributed by atoms with E-state index in [1.807, 2.05) is 37.3 Å². The maximum absolute atomic E-state index is 12.8. The van der Waals surface area contributed by atoms with E-state index in [1.165, 1.54) is 10.5 Å². The zero-order valence-electron chi connectivity index (χ0n) is 17.1. The third-order valence-corrected chi connectivity index (χ3v) is 6.12. The highest BCUT2D eigenvalue weighted by atomic mass is 79.9. The van der Waals surface area contributed by atoms with Crippen LogP contribution < -0.4 is 9.47 Å². The van der Waals surface area contributed by atoms with E-state index < -0.39 is 0 Å². The predicted molar refractivity (Wildman–Crippen MR) is 127 cm³/mol. The van der Waals surface area contributed by atoms with Crippen LogP contribution in [0.5, 0.6) is 11.5 Å². The van der Waals surface area contributed by atoms with Crippen LogP contribution in [0.4, 0.5) is 4.79 Å². The van der Waals surface area contributed by atoms with Gasteiger partial charge in [0.2, 0.25) is 0 Å². The molecule has 31 heavy (non-hydrogen) atoms. The van der Waals surface area contributed by atoms with Crippen LogP contribution in [0.3, 0.4) is 0 Å². The molecular weight excluding hydrogens is 478 g/mol. The van der Waals surface area contributed by atoms with E-state index in [4.69, 9.17) is 15.9 Å². The molecule has 0 aromatic heterocycles. The van der Waals surface area contributed by atoms with Crippen LogP contribution in [0.15, 0.2) is 51.8 Å². The van der Waals surface area contributed by atoms with E-state index >= 15 is 0 Å². The number of nitrogens with zero attached hydrogens (tertiary/aromatic N) is 1. The molecule has 0 aliphatic carbocycles. The Balaban J connectivity index is 1.74. The van der Waals surface area contributed by atoms with Crippen LogP contribution in [0.25, 0.3) is 6.08 Å². The maximum Gasteiger partial charge on any atom is 0.293 e. The van der Waals surface area contributed by atoms with Crippen molar-refractivity contribution >= 4 is 44.9 Å². The lowest BCUT2D eigenvalue weighted by molar-refractivity contribution is -0.122. The number of amides is 2. The van der Waals surface area contributed by atoms with Gasteiger partial charge in [0.15, 0.2) is 11.5 Å². The van der Waals surface area contributed by atoms with Crippen LogP contribution in [-0.2, 0) is 11.2 Å². The molecule has 2 aromatic rings. The number of hydrogen-bond acceptors (Lipinski definition) is 5. The Hall–Kier alpha value is -2.69. The number of benzene rings is 2. The number of ether oxygens (including phenoxy) is 2. The minimum Gasteiger partial charge on any atom is -0.490 e. The van der Waals surface area contributed by atoms with Crippen molar-refractivity contribution in [2.45, 2.75) is 19.8 Å². The Morgan fingerprint density at radius 2 is 1.90 bits per heavy atom. The smallest absolute Gasteiger partial charge is 0.293 e. The Morgan fingerprint density at radius 3 is 2.61 bits per heavy atom. The van der Waals surface area contributed by atoms with Crippen molar-refractivity contribution in [2.75, 3.05) is 19.8 Å². The Bertz CT molecular complexity index is 1030. The molecule has 1 saturated heterocycles. The summed E-state index contributed by atoms with van der Waals surface area (Å²) in [4.78, 5) is 26.9. The normalized spacial score (nSPS) is 14.7. The lowest BCUT2D eigenvalue weighted by atomic mass is 10.1. The maximum atomic E-state index is 12.8. The van der Waals surface area contributed by atoms with Crippen molar-refractivity contribution in [1.82, 2.24) is 4.90 Å². The molecule has 3 rings (SSSR count). The minimum absolute atomic E-state index is 0.119. The summed E-state index contributed by atoms with van der Waals surface area (Å²) < 4.78 is 11.9. The Morgan fingerprint density at radius 1 is 1.16 bits per heavy atom. The van der Waals surface area contributed by atoms with Crippen LogP contribution in [-0.4, -0.2) is 35.8 Å². The fraction of sp³-hybridized carbons (Fsp3) is 0.250. The molecule has 2 aromatic carbocycles. The number of halogens is 1. The van der Waals surface area contributed by atoms with Crippen molar-refractivity contribution < 1.29 is 19.1 Å². The standard InChI is InChI=1S/C24H22BrNO4S/c1-3-13-30-21-16-19(25)18(14-20(21)29-4-2)15-22-23(27)26(24(28)31-22)12-8-11-17-9-6-5-7-10-17/h1,5-7,9-10,14-16H,4,8,11-13H2,2H3/b22-15+. The number of thioether (sulfide) groups is 1. The first-order chi connectivity index (χ1) is 15.0. The van der Waals surface area contributed by atoms with Gasteiger partial charge in [0, 0.05) is 11.0 Å². The molecule has 0 atom stereocenters. The lowest BCUT2D eigenvalue weighted by Crippen LogP contribution is -2.29. The number of carbonyl (C=O) groups is 2. The molecule has 0 saturated carbocycles. The van der Waals surface area contributed by atoms with Gasteiger partial charge in [0.05, 0.1) is 11.5 Å². The average molecular weight is 500 g/mol. The highest BCUT2D eigenvalue weighted by molar-refractivity contribution is 9.10. The summed E-state index contributed by atoms with van der Waals surface area (Å²) >= 11 is 4.45. The Labute approximate surface area is 194 Å². The van der Waals surface area contributed by atoms with Crippen molar-refractivity contribution in [3.05, 3.63) is 63.0 Å². The Kier molecular flexibility index (Phi) is 8.21. The van der Waals surface area contributed by atoms with Gasteiger partial charge in [-0.3, -0.25) is 14.5 Å². The van der Waals surface area contributed by atoms with Crippen molar-refractivity contribution in [3.63, 3.8) is 0 Å². The van der Waals surface area contributed by atoms with Crippen LogP contribution in [0.2, 0.25) is 0 Å². The number of imide groups is 1. The predicted octanol–water partition coefficient (Wildman–Crippen LogP) is 5.53. The number of terminal acetylenes is 1. The largest absolute Gasteiger partial charge is 0.490 e. The van der Waals surface area contributed by atoms with E-state index in [9.17, 15) is 9.59 Å². The SMILES string of the molecule is C#CCOc1cc(Br)c(/C=C2/SC(=O)N(CCCc3ccccc3)C2=O)cc1OCC. The van der Waals surface area contributed by atoms with Crippen LogP contribution in [0.1, 0.15) is 24.5 Å². The second kappa shape index (κ2) is 11.1. The van der Waals surface area contributed by atoms with Gasteiger partial charge in [0.25, 0.3) is 11.1 Å². The van der Waals surface area contributed by atoms with E-state index in [0.717, 1.165) is 18.2 Å². The molecule has 1 aliphatic heterocycles. The molecule has 0 unspecified atom stereocenters. The van der Waals surface area contributed by atoms with Crippen molar-refractivity contribution in [1.29, 1.82) is 0 Å². The highest BCUT2D eigenvalue weighted by Gasteiger charge is 2.34. The van der Waals surface area contributed by atoms with Gasteiger partial charge in [-0.25, -0.2) is 0 Å². The molecule has 2 amide bonds. The summed E-state index contributed by atoms with van der Waals surface area (Å²) in [6.07, 6.45) is 8.49. The van der Waals surface area contributed by atoms with Gasteiger partial charge in [-0.2, -0.15) is 0 Å². The molecule has 5 nitrogen and oxygen atoms in total. The third-order valence-electron chi connectivity index (χ3n) is 4.52. The molecule has 7 heteroatoms. The molecule has 0 radical (unpaired) electrons. The zero-order chi connectivity index (χ0) is 22.2. The number of aryl methyl sites for hydroxylation is 1. The third kappa shape index (κ3) is 5.93. The minimum atomic E-state index is -0.277. The van der Waals surface area contributed by atoms with E-state index in [0.29, 0.717) is 46.0 Å². The number of carbonyl (C=O) groups excluding carboxylic acids is 2. The average Bonchev–Trinajstić information content (AvgIpc) is 3.03. The molecule has 0 N–H and O–H groups in total. The molecular formula is C24H22BrNO4S. The summed E-state index contributed by atoms with van der Waals surface area (Å²) in [5, 5.41) is -0.251. The highest BCUT2D eigenvalue weighted by Crippen LogP contribution is 2.38. The van der Waals surface area contributed by atoms with E-state index in [1.54, 1.807) is 18.2 Å². The number of hydrogen-bond donors (Lipinski definition) is 0. The second-order valence-electron chi connectivity index (χ2n) is 6.67. The van der Waals surface area contributed by atoms with Gasteiger partial charge in [-0.1, -0.05) is 52.2 Å². The summed E-state index contributed by atoms with van der Waals surface area (Å²) in [5.41, 5.74) is 1.90. The summed E-state index contributed by atoms with van der Waals surface area (Å²) in [6, 6.07) is 13.5. The summed E-state index contributed by atoms with van der Waals surface area (Å²) in [5.74, 6) is 3.18. The summed E-state index contributed by atoms with van der Waals surface area (Å²) in [7, 11) is 0. The fourth-order valence-electron chi connectivity index (χ4n) is 3.08. The number of rotatable bonds is 9. The van der Waals surface area contributed by atoms with Gasteiger partial charge >= 0.3 is 0 Å². The molecule has 160 valence electrons.